The normalized spacial score (nSPS) is 19.6. The number of thiazole rings is 1. The third-order valence-electron chi connectivity index (χ3n) is 3.11. The first kappa shape index (κ1) is 12.8. The molecule has 0 spiro atoms. The van der Waals surface area contributed by atoms with Gasteiger partial charge in [-0.15, -0.1) is 0 Å². The summed E-state index contributed by atoms with van der Waals surface area (Å²) in [6.07, 6.45) is 2.62. The highest BCUT2D eigenvalue weighted by molar-refractivity contribution is 7.15. The van der Waals surface area contributed by atoms with Crippen LogP contribution in [0.2, 0.25) is 0 Å². The molecule has 1 aliphatic heterocycles. The third kappa shape index (κ3) is 3.18. The van der Waals surface area contributed by atoms with Crippen LogP contribution in [0, 0.1) is 0 Å². The smallest absolute Gasteiger partial charge is 0.185 e. The fourth-order valence-electron chi connectivity index (χ4n) is 2.10. The molecule has 96 valence electrons. The number of anilines is 1. The number of hydrogen-bond acceptors (Lipinski definition) is 5. The summed E-state index contributed by atoms with van der Waals surface area (Å²) in [6, 6.07) is 0. The second-order valence-corrected chi connectivity index (χ2v) is 5.59. The monoisotopic (exact) mass is 255 g/mol. The lowest BCUT2D eigenvalue weighted by Gasteiger charge is -2.34. The maximum atomic E-state index is 9.49. The van der Waals surface area contributed by atoms with Crippen LogP contribution in [0.3, 0.4) is 0 Å². The molecule has 1 atom stereocenters. The van der Waals surface area contributed by atoms with E-state index in [2.05, 4.69) is 21.7 Å². The lowest BCUT2D eigenvalue weighted by atomic mass is 10.3. The molecule has 17 heavy (non-hydrogen) atoms. The predicted octanol–water partition coefficient (Wildman–Crippen LogP) is 1.73. The minimum Gasteiger partial charge on any atom is -0.388 e. The Bertz CT molecular complexity index is 345. The Balaban J connectivity index is 1.91. The van der Waals surface area contributed by atoms with Gasteiger partial charge in [-0.3, -0.25) is 4.90 Å². The largest absolute Gasteiger partial charge is 0.388 e. The zero-order chi connectivity index (χ0) is 12.3. The van der Waals surface area contributed by atoms with Crippen LogP contribution in [0.25, 0.3) is 0 Å². The van der Waals surface area contributed by atoms with Gasteiger partial charge in [-0.2, -0.15) is 0 Å². The highest BCUT2D eigenvalue weighted by Crippen LogP contribution is 2.27. The van der Waals surface area contributed by atoms with Crippen molar-refractivity contribution in [1.82, 2.24) is 9.88 Å². The topological polar surface area (TPSA) is 39.6 Å². The molecule has 1 unspecified atom stereocenters. The van der Waals surface area contributed by atoms with Crippen LogP contribution in [0.1, 0.15) is 31.2 Å². The molecule has 1 saturated heterocycles. The Morgan fingerprint density at radius 1 is 1.41 bits per heavy atom. The van der Waals surface area contributed by atoms with Crippen LogP contribution >= 0.6 is 11.3 Å². The van der Waals surface area contributed by atoms with E-state index in [0.717, 1.165) is 36.2 Å². The van der Waals surface area contributed by atoms with Crippen molar-refractivity contribution in [3.05, 3.63) is 11.1 Å². The third-order valence-corrected chi connectivity index (χ3v) is 4.33. The summed E-state index contributed by atoms with van der Waals surface area (Å²) in [4.78, 5) is 10.2. The van der Waals surface area contributed by atoms with Gasteiger partial charge >= 0.3 is 0 Å². The number of piperazine rings is 1. The zero-order valence-corrected chi connectivity index (χ0v) is 11.4. The molecule has 0 bridgehead atoms. The Hall–Kier alpha value is -0.650. The minimum atomic E-state index is -0.400. The molecule has 0 radical (unpaired) electrons. The van der Waals surface area contributed by atoms with Gasteiger partial charge in [0.2, 0.25) is 0 Å². The number of nitrogens with zero attached hydrogens (tertiary/aromatic N) is 3. The van der Waals surface area contributed by atoms with E-state index in [-0.39, 0.29) is 0 Å². The summed E-state index contributed by atoms with van der Waals surface area (Å²) >= 11 is 1.61. The van der Waals surface area contributed by atoms with E-state index >= 15 is 0 Å². The molecule has 1 N–H and O–H groups in total. The van der Waals surface area contributed by atoms with E-state index in [9.17, 15) is 5.11 Å². The molecule has 4 nitrogen and oxygen atoms in total. The first-order valence-electron chi connectivity index (χ1n) is 6.31. The fraction of sp³-hybridized carbons (Fsp3) is 0.750. The minimum absolute atomic E-state index is 0.400. The Kier molecular flexibility index (Phi) is 4.36. The molecule has 1 aromatic heterocycles. The summed E-state index contributed by atoms with van der Waals surface area (Å²) in [5.74, 6) is 0. The van der Waals surface area contributed by atoms with Crippen molar-refractivity contribution in [2.75, 3.05) is 37.6 Å². The summed E-state index contributed by atoms with van der Waals surface area (Å²) in [7, 11) is 0. The Labute approximate surface area is 107 Å². The highest BCUT2D eigenvalue weighted by atomic mass is 32.1. The molecule has 0 saturated carbocycles. The molecule has 2 heterocycles. The van der Waals surface area contributed by atoms with Gasteiger partial charge in [-0.05, 0) is 19.9 Å². The van der Waals surface area contributed by atoms with E-state index in [1.165, 1.54) is 13.0 Å². The SMILES string of the molecule is CCCN1CCN(c2ncc(C(C)O)s2)CC1. The van der Waals surface area contributed by atoms with Crippen molar-refractivity contribution in [1.29, 1.82) is 0 Å². The number of hydrogen-bond donors (Lipinski definition) is 1. The van der Waals surface area contributed by atoms with E-state index in [1.54, 1.807) is 24.5 Å². The highest BCUT2D eigenvalue weighted by Gasteiger charge is 2.19. The molecule has 0 aliphatic carbocycles. The average molecular weight is 255 g/mol. The summed E-state index contributed by atoms with van der Waals surface area (Å²) in [5, 5.41) is 10.5. The van der Waals surface area contributed by atoms with E-state index in [0.29, 0.717) is 0 Å². The van der Waals surface area contributed by atoms with Gasteiger partial charge in [0.15, 0.2) is 5.13 Å². The molecule has 1 aromatic rings. The summed E-state index contributed by atoms with van der Waals surface area (Å²) in [6.45, 7) is 9.55. The molecular weight excluding hydrogens is 234 g/mol. The fourth-order valence-corrected chi connectivity index (χ4v) is 3.00. The number of aliphatic hydroxyl groups is 1. The first-order chi connectivity index (χ1) is 8.20. The van der Waals surface area contributed by atoms with Gasteiger partial charge < -0.3 is 10.0 Å². The zero-order valence-electron chi connectivity index (χ0n) is 10.6. The van der Waals surface area contributed by atoms with E-state index < -0.39 is 6.10 Å². The average Bonchev–Trinajstić information content (AvgIpc) is 2.80. The lowest BCUT2D eigenvalue weighted by Crippen LogP contribution is -2.46. The molecular formula is C12H21N3OS. The van der Waals surface area contributed by atoms with Gasteiger partial charge in [0.05, 0.1) is 11.0 Å². The molecule has 0 amide bonds. The maximum absolute atomic E-state index is 9.49. The van der Waals surface area contributed by atoms with Crippen LogP contribution in [0.15, 0.2) is 6.20 Å². The second-order valence-electron chi connectivity index (χ2n) is 4.55. The van der Waals surface area contributed by atoms with Crippen LogP contribution in [-0.2, 0) is 0 Å². The maximum Gasteiger partial charge on any atom is 0.185 e. The standard InChI is InChI=1S/C12H21N3OS/c1-3-4-14-5-7-15(8-6-14)12-13-9-11(17-12)10(2)16/h9-10,16H,3-8H2,1-2H3. The summed E-state index contributed by atoms with van der Waals surface area (Å²) in [5.41, 5.74) is 0. The molecule has 1 aliphatic rings. The number of aromatic nitrogens is 1. The molecule has 2 rings (SSSR count). The van der Waals surface area contributed by atoms with Gasteiger partial charge in [0, 0.05) is 32.4 Å². The van der Waals surface area contributed by atoms with Crippen LogP contribution in [0.4, 0.5) is 5.13 Å². The lowest BCUT2D eigenvalue weighted by molar-refractivity contribution is 0.203. The van der Waals surface area contributed by atoms with Crippen molar-refractivity contribution in [2.45, 2.75) is 26.4 Å². The molecule has 0 aromatic carbocycles. The van der Waals surface area contributed by atoms with E-state index in [1.807, 2.05) is 0 Å². The quantitative estimate of drug-likeness (QED) is 0.889. The number of rotatable bonds is 4. The van der Waals surface area contributed by atoms with Crippen molar-refractivity contribution in [3.8, 4) is 0 Å². The van der Waals surface area contributed by atoms with Crippen molar-refractivity contribution in [2.24, 2.45) is 0 Å². The van der Waals surface area contributed by atoms with Crippen molar-refractivity contribution < 1.29 is 5.11 Å². The van der Waals surface area contributed by atoms with Crippen LogP contribution in [-0.4, -0.2) is 47.7 Å². The van der Waals surface area contributed by atoms with Crippen molar-refractivity contribution >= 4 is 16.5 Å². The molecule has 5 heteroatoms. The van der Waals surface area contributed by atoms with Crippen LogP contribution in [0.5, 0.6) is 0 Å². The van der Waals surface area contributed by atoms with Gasteiger partial charge in [-0.25, -0.2) is 4.98 Å². The summed E-state index contributed by atoms with van der Waals surface area (Å²) < 4.78 is 0. The first-order valence-corrected chi connectivity index (χ1v) is 7.13. The Morgan fingerprint density at radius 3 is 2.65 bits per heavy atom. The van der Waals surface area contributed by atoms with Gasteiger partial charge in [0.25, 0.3) is 0 Å². The predicted molar refractivity (Wildman–Crippen MR) is 71.7 cm³/mol. The van der Waals surface area contributed by atoms with Crippen LogP contribution < -0.4 is 4.90 Å². The second kappa shape index (κ2) is 5.80. The van der Waals surface area contributed by atoms with E-state index in [4.69, 9.17) is 0 Å². The number of aliphatic hydroxyl groups excluding tert-OH is 1. The van der Waals surface area contributed by atoms with Crippen molar-refractivity contribution in [3.63, 3.8) is 0 Å². The molecule has 1 fully saturated rings. The Morgan fingerprint density at radius 2 is 2.12 bits per heavy atom. The van der Waals surface area contributed by atoms with Gasteiger partial charge in [-0.1, -0.05) is 18.3 Å². The van der Waals surface area contributed by atoms with Gasteiger partial charge in [0.1, 0.15) is 0 Å².